The van der Waals surface area contributed by atoms with Gasteiger partial charge in [-0.1, -0.05) is 17.7 Å². The van der Waals surface area contributed by atoms with Crippen molar-refractivity contribution >= 4 is 38.0 Å². The molecule has 94 valence electrons. The van der Waals surface area contributed by atoms with Crippen LogP contribution in [0.5, 0.6) is 0 Å². The van der Waals surface area contributed by atoms with E-state index in [0.29, 0.717) is 0 Å². The maximum atomic E-state index is 4.60. The number of hydrogen-bond donors (Lipinski definition) is 0. The van der Waals surface area contributed by atoms with Crippen molar-refractivity contribution in [2.45, 2.75) is 20.8 Å². The van der Waals surface area contributed by atoms with E-state index in [9.17, 15) is 0 Å². The van der Waals surface area contributed by atoms with Crippen molar-refractivity contribution in [3.63, 3.8) is 0 Å². The van der Waals surface area contributed by atoms with Crippen molar-refractivity contribution in [1.29, 1.82) is 0 Å². The molecule has 0 aliphatic heterocycles. The predicted octanol–water partition coefficient (Wildman–Crippen LogP) is 4.63. The van der Waals surface area contributed by atoms with Crippen LogP contribution in [0, 0.1) is 20.8 Å². The summed E-state index contributed by atoms with van der Waals surface area (Å²) in [4.78, 5) is 5.95. The fourth-order valence-electron chi connectivity index (χ4n) is 2.83. The van der Waals surface area contributed by atoms with Gasteiger partial charge in [-0.15, -0.1) is 11.3 Å². The molecule has 19 heavy (non-hydrogen) atoms. The van der Waals surface area contributed by atoms with E-state index in [0.717, 1.165) is 5.65 Å². The van der Waals surface area contributed by atoms with E-state index in [1.807, 2.05) is 17.5 Å². The smallest absolute Gasteiger partial charge is 0.145 e. The van der Waals surface area contributed by atoms with E-state index in [4.69, 9.17) is 0 Å². The molecule has 4 rings (SSSR count). The maximum absolute atomic E-state index is 4.60. The van der Waals surface area contributed by atoms with Gasteiger partial charge >= 0.3 is 0 Å². The lowest BCUT2D eigenvalue weighted by Gasteiger charge is -2.06. The largest absolute Gasteiger partial charge is 0.296 e. The maximum Gasteiger partial charge on any atom is 0.145 e. The standard InChI is InChI=1S/C16H14N2S/c1-9-4-5-12-13(6-9)15-14(7-11(3)19-15)18-10(2)8-17-16(12)18/h4-8H,1-3H3. The van der Waals surface area contributed by atoms with Crippen molar-refractivity contribution in [1.82, 2.24) is 9.38 Å². The van der Waals surface area contributed by atoms with Crippen molar-refractivity contribution < 1.29 is 0 Å². The summed E-state index contributed by atoms with van der Waals surface area (Å²) < 4.78 is 3.64. The summed E-state index contributed by atoms with van der Waals surface area (Å²) in [6.07, 6.45) is 1.96. The van der Waals surface area contributed by atoms with E-state index < -0.39 is 0 Å². The Morgan fingerprint density at radius 2 is 1.89 bits per heavy atom. The molecule has 0 unspecified atom stereocenters. The van der Waals surface area contributed by atoms with E-state index >= 15 is 0 Å². The molecule has 0 N–H and O–H groups in total. The number of rotatable bonds is 0. The first-order chi connectivity index (χ1) is 9.15. The van der Waals surface area contributed by atoms with Crippen LogP contribution < -0.4 is 0 Å². The van der Waals surface area contributed by atoms with Gasteiger partial charge in [0.05, 0.1) is 10.2 Å². The van der Waals surface area contributed by atoms with Crippen molar-refractivity contribution in [2.24, 2.45) is 0 Å². The lowest BCUT2D eigenvalue weighted by molar-refractivity contribution is 1.18. The second kappa shape index (κ2) is 3.58. The molecule has 0 atom stereocenters. The van der Waals surface area contributed by atoms with E-state index in [1.54, 1.807) is 0 Å². The van der Waals surface area contributed by atoms with E-state index in [-0.39, 0.29) is 0 Å². The third-order valence-electron chi connectivity index (χ3n) is 3.68. The predicted molar refractivity (Wildman–Crippen MR) is 82.3 cm³/mol. The Hall–Kier alpha value is -1.87. The zero-order valence-corrected chi connectivity index (χ0v) is 12.0. The van der Waals surface area contributed by atoms with Crippen LogP contribution in [-0.4, -0.2) is 9.38 Å². The molecular formula is C16H14N2S. The molecule has 0 aliphatic rings. The van der Waals surface area contributed by atoms with Crippen LogP contribution in [0.3, 0.4) is 0 Å². The van der Waals surface area contributed by atoms with Crippen LogP contribution in [-0.2, 0) is 0 Å². The average Bonchev–Trinajstić information content (AvgIpc) is 2.92. The lowest BCUT2D eigenvalue weighted by Crippen LogP contribution is -1.90. The lowest BCUT2D eigenvalue weighted by atomic mass is 10.1. The molecule has 0 aliphatic carbocycles. The highest BCUT2D eigenvalue weighted by Gasteiger charge is 2.13. The number of aromatic nitrogens is 2. The highest BCUT2D eigenvalue weighted by molar-refractivity contribution is 7.20. The summed E-state index contributed by atoms with van der Waals surface area (Å²) in [6, 6.07) is 8.90. The van der Waals surface area contributed by atoms with E-state index in [1.165, 1.54) is 37.1 Å². The second-order valence-electron chi connectivity index (χ2n) is 5.18. The highest BCUT2D eigenvalue weighted by Crippen LogP contribution is 2.35. The molecule has 1 aromatic carbocycles. The van der Waals surface area contributed by atoms with Crippen molar-refractivity contribution in [2.75, 3.05) is 0 Å². The minimum atomic E-state index is 1.07. The molecule has 0 spiro atoms. The fourth-order valence-corrected chi connectivity index (χ4v) is 3.86. The molecule has 3 heterocycles. The normalized spacial score (nSPS) is 11.9. The summed E-state index contributed by atoms with van der Waals surface area (Å²) in [7, 11) is 0. The third-order valence-corrected chi connectivity index (χ3v) is 4.75. The number of nitrogens with zero attached hydrogens (tertiary/aromatic N) is 2. The highest BCUT2D eigenvalue weighted by atomic mass is 32.1. The Kier molecular flexibility index (Phi) is 2.07. The number of pyridine rings is 1. The fraction of sp³-hybridized carbons (Fsp3) is 0.188. The van der Waals surface area contributed by atoms with Crippen LogP contribution >= 0.6 is 11.3 Å². The summed E-state index contributed by atoms with van der Waals surface area (Å²) in [5, 5.41) is 2.57. The SMILES string of the molecule is Cc1ccc2c(c1)c1sc(C)cc1n1c(C)cnc21. The Labute approximate surface area is 115 Å². The van der Waals surface area contributed by atoms with Gasteiger partial charge in [0.1, 0.15) is 5.65 Å². The van der Waals surface area contributed by atoms with Crippen molar-refractivity contribution in [3.8, 4) is 0 Å². The Morgan fingerprint density at radius 1 is 1.05 bits per heavy atom. The average molecular weight is 266 g/mol. The molecule has 3 heteroatoms. The van der Waals surface area contributed by atoms with Gasteiger partial charge in [-0.05, 0) is 32.9 Å². The molecule has 0 fully saturated rings. The summed E-state index contributed by atoms with van der Waals surface area (Å²) in [5.41, 5.74) is 4.84. The zero-order chi connectivity index (χ0) is 13.1. The molecule has 0 amide bonds. The summed E-state index contributed by atoms with van der Waals surface area (Å²) in [6.45, 7) is 6.43. The van der Waals surface area contributed by atoms with E-state index in [2.05, 4.69) is 54.4 Å². The summed E-state index contributed by atoms with van der Waals surface area (Å²) in [5.74, 6) is 0. The number of thiophene rings is 1. The first-order valence-electron chi connectivity index (χ1n) is 6.41. The zero-order valence-electron chi connectivity index (χ0n) is 11.2. The first-order valence-corrected chi connectivity index (χ1v) is 7.23. The quantitative estimate of drug-likeness (QED) is 0.453. The monoisotopic (exact) mass is 266 g/mol. The summed E-state index contributed by atoms with van der Waals surface area (Å²) >= 11 is 1.87. The van der Waals surface area contributed by atoms with Crippen LogP contribution in [0.4, 0.5) is 0 Å². The molecule has 0 saturated heterocycles. The van der Waals surface area contributed by atoms with Crippen LogP contribution in [0.2, 0.25) is 0 Å². The topological polar surface area (TPSA) is 17.3 Å². The van der Waals surface area contributed by atoms with Gasteiger partial charge in [0.15, 0.2) is 0 Å². The minimum Gasteiger partial charge on any atom is -0.296 e. The van der Waals surface area contributed by atoms with Gasteiger partial charge in [-0.3, -0.25) is 4.40 Å². The molecule has 4 aromatic rings. The Balaban J connectivity index is 2.43. The molecule has 0 saturated carbocycles. The number of aryl methyl sites for hydroxylation is 3. The number of imidazole rings is 1. The molecule has 2 nitrogen and oxygen atoms in total. The number of hydrogen-bond acceptors (Lipinski definition) is 2. The minimum absolute atomic E-state index is 1.07. The molecule has 0 radical (unpaired) electrons. The molecule has 0 bridgehead atoms. The van der Waals surface area contributed by atoms with Gasteiger partial charge in [-0.25, -0.2) is 4.98 Å². The van der Waals surface area contributed by atoms with Gasteiger partial charge in [0.2, 0.25) is 0 Å². The third kappa shape index (κ3) is 1.39. The molecule has 3 aromatic heterocycles. The van der Waals surface area contributed by atoms with Crippen molar-refractivity contribution in [3.05, 3.63) is 46.6 Å². The molecular weight excluding hydrogens is 252 g/mol. The van der Waals surface area contributed by atoms with Gasteiger partial charge < -0.3 is 0 Å². The van der Waals surface area contributed by atoms with Crippen LogP contribution in [0.15, 0.2) is 30.5 Å². The number of fused-ring (bicyclic) bond motifs is 6. The van der Waals surface area contributed by atoms with Gasteiger partial charge in [-0.2, -0.15) is 0 Å². The second-order valence-corrected chi connectivity index (χ2v) is 6.44. The Bertz CT molecular complexity index is 944. The Morgan fingerprint density at radius 3 is 2.74 bits per heavy atom. The van der Waals surface area contributed by atoms with Gasteiger partial charge in [0, 0.05) is 27.5 Å². The first kappa shape index (κ1) is 11.0. The van der Waals surface area contributed by atoms with Crippen LogP contribution in [0.1, 0.15) is 16.1 Å². The number of benzene rings is 1. The van der Waals surface area contributed by atoms with Crippen LogP contribution in [0.25, 0.3) is 26.6 Å². The van der Waals surface area contributed by atoms with Gasteiger partial charge in [0.25, 0.3) is 0 Å².